The summed E-state index contributed by atoms with van der Waals surface area (Å²) >= 11 is 0. The molecule has 0 N–H and O–H groups in total. The van der Waals surface area contributed by atoms with Gasteiger partial charge in [0, 0.05) is 13.0 Å². The molecule has 0 aliphatic heterocycles. The number of nitrogens with zero attached hydrogens (tertiary/aromatic N) is 5. The Morgan fingerprint density at radius 1 is 0.829 bits per heavy atom. The quantitative estimate of drug-likeness (QED) is 0.267. The van der Waals surface area contributed by atoms with Gasteiger partial charge in [0.1, 0.15) is 22.5 Å². The molecule has 35 heavy (non-hydrogen) atoms. The molecule has 5 rings (SSSR count). The molecule has 0 saturated carbocycles. The van der Waals surface area contributed by atoms with Crippen LogP contribution in [0.25, 0.3) is 33.2 Å². The largest absolute Gasteiger partial charge is 0.497 e. The van der Waals surface area contributed by atoms with E-state index in [0.717, 1.165) is 47.4 Å². The Labute approximate surface area is 204 Å². The van der Waals surface area contributed by atoms with Crippen LogP contribution in [-0.2, 0) is 19.5 Å². The summed E-state index contributed by atoms with van der Waals surface area (Å²) in [5.74, 6) is 1.61. The van der Waals surface area contributed by atoms with E-state index in [1.54, 1.807) is 7.11 Å². The first-order valence-corrected chi connectivity index (χ1v) is 12.5. The topological polar surface area (TPSA) is 74.8 Å². The van der Waals surface area contributed by atoms with Crippen LogP contribution in [-0.4, -0.2) is 31.2 Å². The normalized spacial score (nSPS) is 11.6. The van der Waals surface area contributed by atoms with Gasteiger partial charge < -0.3 is 9.30 Å². The number of hydrogen-bond acceptors (Lipinski definition) is 5. The average Bonchev–Trinajstić information content (AvgIpc) is 3.18. The van der Waals surface area contributed by atoms with E-state index < -0.39 is 0 Å². The SMILES string of the molecule is CCCCCCn1c(CC)nc2c(c1=O)c1nc3ccccc3nc1n2Cc1ccc(OC)cc1. The molecule has 0 radical (unpaired) electrons. The van der Waals surface area contributed by atoms with Crippen LogP contribution < -0.4 is 10.3 Å². The van der Waals surface area contributed by atoms with Crippen molar-refractivity contribution in [3.63, 3.8) is 0 Å². The Balaban J connectivity index is 1.74. The van der Waals surface area contributed by atoms with E-state index in [9.17, 15) is 4.79 Å². The van der Waals surface area contributed by atoms with Crippen LogP contribution in [0.15, 0.2) is 53.3 Å². The highest BCUT2D eigenvalue weighted by Crippen LogP contribution is 2.27. The van der Waals surface area contributed by atoms with E-state index in [4.69, 9.17) is 19.7 Å². The van der Waals surface area contributed by atoms with Crippen molar-refractivity contribution in [2.75, 3.05) is 7.11 Å². The van der Waals surface area contributed by atoms with Crippen LogP contribution in [0.4, 0.5) is 0 Å². The number of hydrogen-bond donors (Lipinski definition) is 0. The molecule has 0 aliphatic rings. The maximum absolute atomic E-state index is 13.9. The third-order valence-corrected chi connectivity index (χ3v) is 6.58. The number of aromatic nitrogens is 5. The van der Waals surface area contributed by atoms with Crippen molar-refractivity contribution in [3.05, 3.63) is 70.3 Å². The fraction of sp³-hybridized carbons (Fsp3) is 0.357. The molecule has 3 heterocycles. The van der Waals surface area contributed by atoms with Gasteiger partial charge in [0.25, 0.3) is 5.56 Å². The summed E-state index contributed by atoms with van der Waals surface area (Å²) in [7, 11) is 1.66. The summed E-state index contributed by atoms with van der Waals surface area (Å²) in [6.45, 7) is 5.46. The fourth-order valence-electron chi connectivity index (χ4n) is 4.70. The van der Waals surface area contributed by atoms with E-state index in [1.165, 1.54) is 6.42 Å². The third-order valence-electron chi connectivity index (χ3n) is 6.58. The minimum atomic E-state index is -0.0218. The maximum Gasteiger partial charge on any atom is 0.265 e. The Bertz CT molecular complexity index is 1550. The summed E-state index contributed by atoms with van der Waals surface area (Å²) in [6, 6.07) is 15.7. The zero-order valence-electron chi connectivity index (χ0n) is 20.6. The number of unbranched alkanes of at least 4 members (excludes halogenated alkanes) is 3. The first kappa shape index (κ1) is 23.0. The first-order valence-electron chi connectivity index (χ1n) is 12.5. The fourth-order valence-corrected chi connectivity index (χ4v) is 4.70. The maximum atomic E-state index is 13.9. The standard InChI is InChI=1S/C28H31N5O2/c1-4-6-7-10-17-32-23(5-2)31-26-24(28(32)34)25-27(30-22-12-9-8-11-21(22)29-25)33(26)18-19-13-15-20(35-3)16-14-19/h8-9,11-16H,4-7,10,17-18H2,1-3H3. The zero-order valence-corrected chi connectivity index (χ0v) is 20.6. The predicted molar refractivity (Wildman–Crippen MR) is 140 cm³/mol. The lowest BCUT2D eigenvalue weighted by Gasteiger charge is -2.12. The van der Waals surface area contributed by atoms with Gasteiger partial charge in [0.2, 0.25) is 0 Å². The Hall–Kier alpha value is -3.74. The van der Waals surface area contributed by atoms with Gasteiger partial charge in [-0.1, -0.05) is 57.4 Å². The van der Waals surface area contributed by atoms with E-state index >= 15 is 0 Å². The van der Waals surface area contributed by atoms with Gasteiger partial charge >= 0.3 is 0 Å². The molecule has 180 valence electrons. The molecule has 3 aromatic heterocycles. The highest BCUT2D eigenvalue weighted by molar-refractivity contribution is 6.04. The minimum Gasteiger partial charge on any atom is -0.497 e. The summed E-state index contributed by atoms with van der Waals surface area (Å²) < 4.78 is 9.20. The van der Waals surface area contributed by atoms with Gasteiger partial charge in [0.05, 0.1) is 24.7 Å². The summed E-state index contributed by atoms with van der Waals surface area (Å²) in [6.07, 6.45) is 5.09. The third kappa shape index (κ3) is 4.27. The molecule has 0 fully saturated rings. The van der Waals surface area contributed by atoms with Gasteiger partial charge in [-0.15, -0.1) is 0 Å². The number of fused-ring (bicyclic) bond motifs is 4. The molecule has 0 atom stereocenters. The minimum absolute atomic E-state index is 0.0218. The number of benzene rings is 2. The summed E-state index contributed by atoms with van der Waals surface area (Å²) in [5.41, 5.74) is 4.58. The van der Waals surface area contributed by atoms with Gasteiger partial charge in [-0.3, -0.25) is 9.36 Å². The van der Waals surface area contributed by atoms with Gasteiger partial charge in [-0.05, 0) is 36.2 Å². The number of para-hydroxylation sites is 2. The van der Waals surface area contributed by atoms with E-state index in [1.807, 2.05) is 57.7 Å². The Kier molecular flexibility index (Phi) is 6.49. The number of methoxy groups -OCH3 is 1. The smallest absolute Gasteiger partial charge is 0.265 e. The molecular weight excluding hydrogens is 438 g/mol. The van der Waals surface area contributed by atoms with Crippen molar-refractivity contribution in [1.29, 1.82) is 0 Å². The van der Waals surface area contributed by atoms with Gasteiger partial charge in [0.15, 0.2) is 11.3 Å². The van der Waals surface area contributed by atoms with Crippen molar-refractivity contribution in [3.8, 4) is 5.75 Å². The first-order chi connectivity index (χ1) is 17.1. The highest BCUT2D eigenvalue weighted by atomic mass is 16.5. The Morgan fingerprint density at radius 2 is 1.57 bits per heavy atom. The number of ether oxygens (including phenoxy) is 1. The van der Waals surface area contributed by atoms with Crippen LogP contribution in [0.5, 0.6) is 5.75 Å². The summed E-state index contributed by atoms with van der Waals surface area (Å²) in [4.78, 5) is 28.8. The van der Waals surface area contributed by atoms with E-state index in [0.29, 0.717) is 41.7 Å². The zero-order chi connectivity index (χ0) is 24.4. The van der Waals surface area contributed by atoms with E-state index in [2.05, 4.69) is 13.8 Å². The molecular formula is C28H31N5O2. The van der Waals surface area contributed by atoms with Crippen LogP contribution in [0.1, 0.15) is 50.9 Å². The molecule has 0 saturated heterocycles. The molecule has 0 bridgehead atoms. The van der Waals surface area contributed by atoms with E-state index in [-0.39, 0.29) is 5.56 Å². The van der Waals surface area contributed by atoms with Crippen molar-refractivity contribution < 1.29 is 4.74 Å². The molecule has 0 amide bonds. The van der Waals surface area contributed by atoms with Gasteiger partial charge in [-0.2, -0.15) is 0 Å². The second-order valence-electron chi connectivity index (χ2n) is 8.92. The number of aryl methyl sites for hydroxylation is 1. The molecule has 2 aromatic carbocycles. The van der Waals surface area contributed by atoms with Crippen molar-refractivity contribution in [2.45, 2.75) is 59.0 Å². The lowest BCUT2D eigenvalue weighted by atomic mass is 10.2. The molecule has 0 aliphatic carbocycles. The van der Waals surface area contributed by atoms with Crippen LogP contribution in [0, 0.1) is 0 Å². The molecule has 5 aromatic rings. The predicted octanol–water partition coefficient (Wildman–Crippen LogP) is 5.49. The molecule has 7 nitrogen and oxygen atoms in total. The van der Waals surface area contributed by atoms with Gasteiger partial charge in [-0.25, -0.2) is 15.0 Å². The van der Waals surface area contributed by atoms with Crippen molar-refractivity contribution in [2.24, 2.45) is 0 Å². The summed E-state index contributed by atoms with van der Waals surface area (Å²) in [5, 5.41) is 0.555. The molecule has 0 unspecified atom stereocenters. The van der Waals surface area contributed by atoms with Crippen LogP contribution in [0.2, 0.25) is 0 Å². The lowest BCUT2D eigenvalue weighted by Crippen LogP contribution is -2.25. The van der Waals surface area contributed by atoms with Crippen LogP contribution >= 0.6 is 0 Å². The van der Waals surface area contributed by atoms with Crippen molar-refractivity contribution >= 4 is 33.2 Å². The second kappa shape index (κ2) is 9.86. The Morgan fingerprint density at radius 3 is 2.26 bits per heavy atom. The lowest BCUT2D eigenvalue weighted by molar-refractivity contribution is 0.414. The van der Waals surface area contributed by atoms with Crippen LogP contribution in [0.3, 0.4) is 0 Å². The molecule has 7 heteroatoms. The molecule has 0 spiro atoms. The average molecular weight is 470 g/mol. The second-order valence-corrected chi connectivity index (χ2v) is 8.92. The number of rotatable bonds is 9. The highest BCUT2D eigenvalue weighted by Gasteiger charge is 2.22. The van der Waals surface area contributed by atoms with Crippen molar-refractivity contribution in [1.82, 2.24) is 24.1 Å². The monoisotopic (exact) mass is 469 g/mol.